The summed E-state index contributed by atoms with van der Waals surface area (Å²) in [7, 11) is 0. The summed E-state index contributed by atoms with van der Waals surface area (Å²) >= 11 is 0. The maximum absolute atomic E-state index is 5.84. The zero-order valence-corrected chi connectivity index (χ0v) is 12.5. The lowest BCUT2D eigenvalue weighted by Gasteiger charge is -2.12. The van der Waals surface area contributed by atoms with Crippen LogP contribution in [0.15, 0.2) is 60.7 Å². The molecule has 4 nitrogen and oxygen atoms in total. The van der Waals surface area contributed by atoms with E-state index in [0.29, 0.717) is 17.6 Å². The van der Waals surface area contributed by atoms with Crippen LogP contribution in [0, 0.1) is 13.8 Å². The molecule has 2 aromatic carbocycles. The fourth-order valence-corrected chi connectivity index (χ4v) is 1.98. The first-order chi connectivity index (χ1) is 10.7. The highest BCUT2D eigenvalue weighted by Crippen LogP contribution is 2.30. The van der Waals surface area contributed by atoms with Gasteiger partial charge in [-0.25, -0.2) is 0 Å². The molecule has 0 radical (unpaired) electrons. The van der Waals surface area contributed by atoms with E-state index >= 15 is 0 Å². The van der Waals surface area contributed by atoms with Gasteiger partial charge in [0.1, 0.15) is 17.3 Å². The third-order valence-electron chi connectivity index (χ3n) is 3.08. The second-order valence-electron chi connectivity index (χ2n) is 4.84. The fraction of sp³-hybridized carbons (Fsp3) is 0.111. The van der Waals surface area contributed by atoms with Gasteiger partial charge in [0.15, 0.2) is 0 Å². The lowest BCUT2D eigenvalue weighted by Crippen LogP contribution is -2.00. The van der Waals surface area contributed by atoms with Gasteiger partial charge in [-0.05, 0) is 38.1 Å². The quantitative estimate of drug-likeness (QED) is 0.700. The summed E-state index contributed by atoms with van der Waals surface area (Å²) in [6, 6.07) is 19.1. The van der Waals surface area contributed by atoms with E-state index in [2.05, 4.69) is 9.97 Å². The van der Waals surface area contributed by atoms with Crippen LogP contribution in [-0.2, 0) is 0 Å². The van der Waals surface area contributed by atoms with Crippen LogP contribution in [0.4, 0.5) is 0 Å². The zero-order valence-electron chi connectivity index (χ0n) is 12.5. The topological polar surface area (TPSA) is 44.2 Å². The van der Waals surface area contributed by atoms with Gasteiger partial charge in [0.05, 0.1) is 5.56 Å². The SMILES string of the molecule is Cc1nc(Oc2ccccc2)c(C)c(Oc2ccccc2)n1. The van der Waals surface area contributed by atoms with Gasteiger partial charge in [0.25, 0.3) is 0 Å². The Bertz CT molecular complexity index is 696. The summed E-state index contributed by atoms with van der Waals surface area (Å²) < 4.78 is 11.7. The van der Waals surface area contributed by atoms with Crippen LogP contribution in [0.25, 0.3) is 0 Å². The first-order valence-corrected chi connectivity index (χ1v) is 7.03. The van der Waals surface area contributed by atoms with Crippen LogP contribution < -0.4 is 9.47 Å². The molecule has 0 unspecified atom stereocenters. The van der Waals surface area contributed by atoms with Crippen LogP contribution in [0.1, 0.15) is 11.4 Å². The maximum Gasteiger partial charge on any atom is 0.229 e. The molecule has 1 heterocycles. The molecule has 110 valence electrons. The average Bonchev–Trinajstić information content (AvgIpc) is 2.54. The third-order valence-corrected chi connectivity index (χ3v) is 3.08. The molecule has 22 heavy (non-hydrogen) atoms. The lowest BCUT2D eigenvalue weighted by molar-refractivity contribution is 0.424. The minimum Gasteiger partial charge on any atom is -0.438 e. The first-order valence-electron chi connectivity index (χ1n) is 7.03. The highest BCUT2D eigenvalue weighted by molar-refractivity contribution is 5.39. The Labute approximate surface area is 129 Å². The molecule has 0 saturated carbocycles. The molecule has 0 bridgehead atoms. The van der Waals surface area contributed by atoms with Gasteiger partial charge in [-0.2, -0.15) is 9.97 Å². The van der Waals surface area contributed by atoms with Crippen LogP contribution in [0.3, 0.4) is 0 Å². The minimum atomic E-state index is 0.504. The Hall–Kier alpha value is -2.88. The number of benzene rings is 2. The van der Waals surface area contributed by atoms with Crippen molar-refractivity contribution >= 4 is 0 Å². The molecule has 0 aliphatic heterocycles. The molecule has 0 atom stereocenters. The summed E-state index contributed by atoms with van der Waals surface area (Å²) in [5, 5.41) is 0. The summed E-state index contributed by atoms with van der Waals surface area (Å²) in [5.74, 6) is 3.07. The number of aromatic nitrogens is 2. The molecule has 0 aliphatic carbocycles. The molecule has 0 spiro atoms. The normalized spacial score (nSPS) is 10.3. The Morgan fingerprint density at radius 1 is 0.636 bits per heavy atom. The minimum absolute atomic E-state index is 0.504. The second-order valence-corrected chi connectivity index (χ2v) is 4.84. The van der Waals surface area contributed by atoms with Gasteiger partial charge in [0.2, 0.25) is 11.8 Å². The van der Waals surface area contributed by atoms with E-state index in [1.807, 2.05) is 74.5 Å². The van der Waals surface area contributed by atoms with Crippen molar-refractivity contribution in [2.75, 3.05) is 0 Å². The van der Waals surface area contributed by atoms with Crippen molar-refractivity contribution in [3.63, 3.8) is 0 Å². The number of hydrogen-bond donors (Lipinski definition) is 0. The van der Waals surface area contributed by atoms with Crippen molar-refractivity contribution in [3.05, 3.63) is 72.1 Å². The first kappa shape index (κ1) is 14.1. The average molecular weight is 292 g/mol. The van der Waals surface area contributed by atoms with Crippen molar-refractivity contribution in [1.29, 1.82) is 0 Å². The number of nitrogens with zero attached hydrogens (tertiary/aromatic N) is 2. The van der Waals surface area contributed by atoms with Gasteiger partial charge < -0.3 is 9.47 Å². The highest BCUT2D eigenvalue weighted by Gasteiger charge is 2.13. The lowest BCUT2D eigenvalue weighted by atomic mass is 10.3. The molecule has 4 heteroatoms. The van der Waals surface area contributed by atoms with Crippen molar-refractivity contribution < 1.29 is 9.47 Å². The largest absolute Gasteiger partial charge is 0.438 e. The van der Waals surface area contributed by atoms with Crippen molar-refractivity contribution in [3.8, 4) is 23.3 Å². The number of para-hydroxylation sites is 2. The number of aryl methyl sites for hydroxylation is 1. The van der Waals surface area contributed by atoms with E-state index in [1.165, 1.54) is 0 Å². The third kappa shape index (κ3) is 3.23. The molecule has 0 amide bonds. The Morgan fingerprint density at radius 2 is 1.05 bits per heavy atom. The van der Waals surface area contributed by atoms with Gasteiger partial charge in [-0.1, -0.05) is 36.4 Å². The molecule has 3 rings (SSSR count). The predicted octanol–water partition coefficient (Wildman–Crippen LogP) is 4.68. The van der Waals surface area contributed by atoms with Crippen molar-refractivity contribution in [2.45, 2.75) is 13.8 Å². The van der Waals surface area contributed by atoms with Crippen LogP contribution >= 0.6 is 0 Å². The van der Waals surface area contributed by atoms with Crippen molar-refractivity contribution in [1.82, 2.24) is 9.97 Å². The Kier molecular flexibility index (Phi) is 4.01. The molecule has 0 N–H and O–H groups in total. The fourth-order valence-electron chi connectivity index (χ4n) is 1.98. The molecule has 0 fully saturated rings. The zero-order chi connectivity index (χ0) is 15.4. The number of rotatable bonds is 4. The monoisotopic (exact) mass is 292 g/mol. The van der Waals surface area contributed by atoms with E-state index in [-0.39, 0.29) is 0 Å². The van der Waals surface area contributed by atoms with Gasteiger partial charge in [-0.15, -0.1) is 0 Å². The maximum atomic E-state index is 5.84. The molecular formula is C18H16N2O2. The van der Waals surface area contributed by atoms with Crippen LogP contribution in [0.5, 0.6) is 23.3 Å². The van der Waals surface area contributed by atoms with E-state index in [1.54, 1.807) is 0 Å². The van der Waals surface area contributed by atoms with E-state index in [4.69, 9.17) is 9.47 Å². The Morgan fingerprint density at radius 3 is 1.45 bits per heavy atom. The molecule has 0 aliphatic rings. The Balaban J connectivity index is 1.92. The molecular weight excluding hydrogens is 276 g/mol. The van der Waals surface area contributed by atoms with E-state index in [0.717, 1.165) is 17.1 Å². The summed E-state index contributed by atoms with van der Waals surface area (Å²) in [5.41, 5.74) is 0.762. The van der Waals surface area contributed by atoms with Gasteiger partial charge in [0, 0.05) is 0 Å². The summed E-state index contributed by atoms with van der Waals surface area (Å²) in [4.78, 5) is 8.71. The number of ether oxygens (including phenoxy) is 2. The summed E-state index contributed by atoms with van der Waals surface area (Å²) in [6.07, 6.45) is 0. The summed E-state index contributed by atoms with van der Waals surface area (Å²) in [6.45, 7) is 3.70. The van der Waals surface area contributed by atoms with Crippen molar-refractivity contribution in [2.24, 2.45) is 0 Å². The molecule has 1 aromatic heterocycles. The predicted molar refractivity (Wildman–Crippen MR) is 84.5 cm³/mol. The van der Waals surface area contributed by atoms with Gasteiger partial charge >= 0.3 is 0 Å². The molecule has 0 saturated heterocycles. The van der Waals surface area contributed by atoms with E-state index in [9.17, 15) is 0 Å². The van der Waals surface area contributed by atoms with E-state index < -0.39 is 0 Å². The van der Waals surface area contributed by atoms with Crippen LogP contribution in [0.2, 0.25) is 0 Å². The highest BCUT2D eigenvalue weighted by atomic mass is 16.5. The standard InChI is InChI=1S/C18H16N2O2/c1-13-17(21-15-9-5-3-6-10-15)19-14(2)20-18(13)22-16-11-7-4-8-12-16/h3-12H,1-2H3. The smallest absolute Gasteiger partial charge is 0.229 e. The van der Waals surface area contributed by atoms with Gasteiger partial charge in [-0.3, -0.25) is 0 Å². The van der Waals surface area contributed by atoms with Crippen LogP contribution in [-0.4, -0.2) is 9.97 Å². The molecule has 3 aromatic rings. The number of hydrogen-bond acceptors (Lipinski definition) is 4. The second kappa shape index (κ2) is 6.26.